The monoisotopic (exact) mass is 516 g/mol. The highest BCUT2D eigenvalue weighted by Gasteiger charge is 2.15. The van der Waals surface area contributed by atoms with Gasteiger partial charge in [-0.1, -0.05) is 28.9 Å². The van der Waals surface area contributed by atoms with Crippen LogP contribution in [0.2, 0.25) is 5.02 Å². The van der Waals surface area contributed by atoms with Gasteiger partial charge in [-0.05, 0) is 48.4 Å². The fourth-order valence-corrected chi connectivity index (χ4v) is 4.80. The lowest BCUT2D eigenvalue weighted by molar-refractivity contribution is 0.300. The minimum absolute atomic E-state index is 0.0261. The molecule has 0 aliphatic carbocycles. The van der Waals surface area contributed by atoms with Crippen LogP contribution in [-0.4, -0.2) is 34.1 Å². The highest BCUT2D eigenvalue weighted by Crippen LogP contribution is 2.21. The van der Waals surface area contributed by atoms with E-state index in [2.05, 4.69) is 15.3 Å². The van der Waals surface area contributed by atoms with Gasteiger partial charge in [0.05, 0.1) is 24.2 Å². The Morgan fingerprint density at radius 2 is 2.06 bits per heavy atom. The summed E-state index contributed by atoms with van der Waals surface area (Å²) < 4.78 is 51.5. The van der Waals surface area contributed by atoms with Gasteiger partial charge in [-0.2, -0.15) is 0 Å². The summed E-state index contributed by atoms with van der Waals surface area (Å²) in [6.07, 6.45) is 7.69. The zero-order chi connectivity index (χ0) is 24.8. The van der Waals surface area contributed by atoms with Gasteiger partial charge in [0.15, 0.2) is 9.84 Å². The molecule has 0 radical (unpaired) electrons. The number of benzene rings is 2. The molecule has 2 heterocycles. The van der Waals surface area contributed by atoms with E-state index in [4.69, 9.17) is 20.8 Å². The van der Waals surface area contributed by atoms with Crippen molar-refractivity contribution in [3.8, 4) is 5.75 Å². The molecule has 4 aromatic rings. The topological polar surface area (TPSA) is 100 Å². The summed E-state index contributed by atoms with van der Waals surface area (Å²) in [4.78, 5) is 4.30. The maximum Gasteiger partial charge on any atom is 0.218 e. The Kier molecular flexibility index (Phi) is 7.62. The highest BCUT2D eigenvalue weighted by molar-refractivity contribution is 7.90. The van der Waals surface area contributed by atoms with Crippen molar-refractivity contribution in [1.82, 2.24) is 20.0 Å². The average molecular weight is 517 g/mol. The Labute approximate surface area is 206 Å². The first kappa shape index (κ1) is 24.6. The molecular weight excluding hydrogens is 495 g/mol. The van der Waals surface area contributed by atoms with Crippen molar-refractivity contribution in [3.05, 3.63) is 94.2 Å². The first-order valence-electron chi connectivity index (χ1n) is 10.6. The number of hydrogen-bond donors (Lipinski definition) is 0. The molecule has 0 saturated heterocycles. The molecular formula is C24H22ClFN4O4S. The molecule has 0 atom stereocenters. The molecule has 0 fully saturated rings. The van der Waals surface area contributed by atoms with Gasteiger partial charge in [-0.15, -0.1) is 5.10 Å². The second-order valence-electron chi connectivity index (χ2n) is 7.81. The van der Waals surface area contributed by atoms with Gasteiger partial charge in [-0.25, -0.2) is 17.8 Å². The lowest BCUT2D eigenvalue weighted by atomic mass is 10.1. The number of hydrogen-bond acceptors (Lipinski definition) is 7. The van der Waals surface area contributed by atoms with Crippen LogP contribution in [0.15, 0.2) is 59.5 Å². The molecule has 35 heavy (non-hydrogen) atoms. The number of oxazole rings is 1. The van der Waals surface area contributed by atoms with Crippen LogP contribution in [-0.2, 0) is 28.7 Å². The number of nitrogens with zero attached hydrogens (tertiary/aromatic N) is 4. The molecule has 4 rings (SSSR count). The number of ether oxygens (including phenoxy) is 1. The van der Waals surface area contributed by atoms with Crippen molar-refractivity contribution in [2.45, 2.75) is 25.8 Å². The maximum atomic E-state index is 13.9. The van der Waals surface area contributed by atoms with Gasteiger partial charge in [0.1, 0.15) is 30.1 Å². The molecule has 2 aromatic heterocycles. The fourth-order valence-electron chi connectivity index (χ4n) is 3.23. The second-order valence-corrected chi connectivity index (χ2v) is 10.4. The average Bonchev–Trinajstić information content (AvgIpc) is 3.49. The quantitative estimate of drug-likeness (QED) is 0.300. The van der Waals surface area contributed by atoms with Crippen LogP contribution < -0.4 is 4.74 Å². The largest absolute Gasteiger partial charge is 0.487 e. The molecule has 0 bridgehead atoms. The maximum absolute atomic E-state index is 13.9. The molecule has 8 nitrogen and oxygen atoms in total. The van der Waals surface area contributed by atoms with Gasteiger partial charge in [-0.3, -0.25) is 4.68 Å². The second kappa shape index (κ2) is 10.8. The van der Waals surface area contributed by atoms with E-state index in [0.717, 1.165) is 5.56 Å². The van der Waals surface area contributed by atoms with Gasteiger partial charge < -0.3 is 9.15 Å². The Hall–Kier alpha value is -3.50. The lowest BCUT2D eigenvalue weighted by Gasteiger charge is -2.10. The van der Waals surface area contributed by atoms with Crippen LogP contribution in [0, 0.1) is 12.7 Å². The van der Waals surface area contributed by atoms with E-state index in [1.807, 2.05) is 6.92 Å². The Balaban J connectivity index is 1.32. The number of aryl methyl sites for hydroxylation is 2. The number of rotatable bonds is 10. The Morgan fingerprint density at radius 3 is 2.80 bits per heavy atom. The number of aromatic nitrogens is 4. The number of sulfone groups is 1. The predicted molar refractivity (Wildman–Crippen MR) is 130 cm³/mol. The lowest BCUT2D eigenvalue weighted by Crippen LogP contribution is -2.15. The molecule has 2 aromatic carbocycles. The molecule has 0 N–H and O–H groups in total. The summed E-state index contributed by atoms with van der Waals surface area (Å²) in [5, 5.41) is 7.78. The van der Waals surface area contributed by atoms with Crippen molar-refractivity contribution in [1.29, 1.82) is 0 Å². The van der Waals surface area contributed by atoms with E-state index in [9.17, 15) is 12.8 Å². The van der Waals surface area contributed by atoms with Gasteiger partial charge in [0.25, 0.3) is 0 Å². The standard InChI is InChI=1S/C24H22ClFN4O4S/c1-17-12-22(6-3-19(17)16-35(31,32)11-10-30-9-8-27-29-30)33-14-21-15-34-24(28-21)7-4-18-2-5-20(25)13-23(18)26/h2-9,12-13,15H,10-11,14,16H2,1H3. The van der Waals surface area contributed by atoms with E-state index < -0.39 is 15.7 Å². The smallest absolute Gasteiger partial charge is 0.218 e. The van der Waals surface area contributed by atoms with Crippen LogP contribution >= 0.6 is 11.6 Å². The molecule has 11 heteroatoms. The van der Waals surface area contributed by atoms with Gasteiger partial charge >= 0.3 is 0 Å². The Morgan fingerprint density at radius 1 is 1.20 bits per heavy atom. The van der Waals surface area contributed by atoms with Crippen LogP contribution in [0.25, 0.3) is 12.2 Å². The van der Waals surface area contributed by atoms with Gasteiger partial charge in [0, 0.05) is 22.9 Å². The summed E-state index contributed by atoms with van der Waals surface area (Å²) in [6, 6.07) is 9.65. The predicted octanol–water partition coefficient (Wildman–Crippen LogP) is 4.73. The third-order valence-electron chi connectivity index (χ3n) is 5.12. The number of halogens is 2. The van der Waals surface area contributed by atoms with Crippen molar-refractivity contribution < 1.29 is 22.0 Å². The summed E-state index contributed by atoms with van der Waals surface area (Å²) in [7, 11) is -3.32. The highest BCUT2D eigenvalue weighted by atomic mass is 35.5. The summed E-state index contributed by atoms with van der Waals surface area (Å²) in [5.41, 5.74) is 2.43. The summed E-state index contributed by atoms with van der Waals surface area (Å²) in [5.74, 6) is 0.351. The summed E-state index contributed by atoms with van der Waals surface area (Å²) in [6.45, 7) is 2.25. The van der Waals surface area contributed by atoms with Crippen LogP contribution in [0.5, 0.6) is 5.75 Å². The molecule has 0 saturated carbocycles. The molecule has 0 amide bonds. The van der Waals surface area contributed by atoms with E-state index in [1.54, 1.807) is 48.7 Å². The van der Waals surface area contributed by atoms with Crippen LogP contribution in [0.3, 0.4) is 0 Å². The van der Waals surface area contributed by atoms with E-state index in [1.165, 1.54) is 23.2 Å². The summed E-state index contributed by atoms with van der Waals surface area (Å²) >= 11 is 5.76. The van der Waals surface area contributed by atoms with Crippen molar-refractivity contribution >= 4 is 33.6 Å². The van der Waals surface area contributed by atoms with Crippen molar-refractivity contribution in [2.75, 3.05) is 5.75 Å². The molecule has 0 spiro atoms. The normalized spacial score (nSPS) is 11.9. The van der Waals surface area contributed by atoms with Crippen LogP contribution in [0.1, 0.15) is 28.3 Å². The third-order valence-corrected chi connectivity index (χ3v) is 6.91. The Bertz CT molecular complexity index is 1440. The zero-order valence-corrected chi connectivity index (χ0v) is 20.3. The minimum Gasteiger partial charge on any atom is -0.487 e. The van der Waals surface area contributed by atoms with Gasteiger partial charge in [0.2, 0.25) is 5.89 Å². The first-order valence-corrected chi connectivity index (χ1v) is 12.8. The fraction of sp³-hybridized carbons (Fsp3) is 0.208. The van der Waals surface area contributed by atoms with Crippen molar-refractivity contribution in [2.24, 2.45) is 0 Å². The first-order chi connectivity index (χ1) is 16.8. The van der Waals surface area contributed by atoms with E-state index >= 15 is 0 Å². The molecule has 0 aliphatic rings. The third kappa shape index (κ3) is 7.00. The molecule has 0 aliphatic heterocycles. The van der Waals surface area contributed by atoms with E-state index in [-0.39, 0.29) is 24.7 Å². The van der Waals surface area contributed by atoms with Crippen LogP contribution in [0.4, 0.5) is 4.39 Å². The minimum atomic E-state index is -3.32. The molecule has 182 valence electrons. The molecule has 0 unspecified atom stereocenters. The van der Waals surface area contributed by atoms with E-state index in [0.29, 0.717) is 33.5 Å². The van der Waals surface area contributed by atoms with Crippen molar-refractivity contribution in [3.63, 3.8) is 0 Å². The zero-order valence-electron chi connectivity index (χ0n) is 18.8. The SMILES string of the molecule is Cc1cc(OCc2coc(C=Cc3ccc(Cl)cc3F)n2)ccc1CS(=O)(=O)CCn1ccnn1.